The third-order valence-electron chi connectivity index (χ3n) is 10.5. The first-order valence-corrected chi connectivity index (χ1v) is 21.4. The standard InChI is InChI=1S/C52H52N4O8/c1-2-3-8-24-50(58)56(36-45(39-17-9-4-10-18-39)40-19-11-5-12-20-40)47(37-62-42-31-27-41(28-32-42)48-34-46(52(60)61)55-64-48)51(59)53-33-16-7-15-23-49(57)54-35-38-25-29-44(30-26-38)63-43-21-13-6-14-22-43/h1,4-6,9-14,17-22,25-32,34,45,47H,3,7-8,15-16,23-24,33,35-37H2,(H,53,59)(H,54,57)(H,60,61). The summed E-state index contributed by atoms with van der Waals surface area (Å²) >= 11 is 0. The van der Waals surface area contributed by atoms with Crippen LogP contribution in [0.3, 0.4) is 0 Å². The quantitative estimate of drug-likeness (QED) is 0.0399. The number of carbonyl (C=O) groups is 4. The van der Waals surface area contributed by atoms with Crippen molar-refractivity contribution >= 4 is 23.7 Å². The van der Waals surface area contributed by atoms with E-state index in [9.17, 15) is 24.3 Å². The van der Waals surface area contributed by atoms with Crippen LogP contribution in [0.15, 0.2) is 150 Å². The molecule has 1 heterocycles. The molecule has 12 nitrogen and oxygen atoms in total. The van der Waals surface area contributed by atoms with E-state index in [2.05, 4.69) is 21.7 Å². The lowest BCUT2D eigenvalue weighted by molar-refractivity contribution is -0.142. The number of hydrogen-bond acceptors (Lipinski definition) is 8. The van der Waals surface area contributed by atoms with Crippen LogP contribution in [0.5, 0.6) is 17.2 Å². The molecule has 0 aliphatic heterocycles. The number of carboxylic acid groups (broad SMARTS) is 1. The van der Waals surface area contributed by atoms with Crippen LogP contribution >= 0.6 is 0 Å². The molecule has 6 aromatic rings. The van der Waals surface area contributed by atoms with Crippen LogP contribution in [0.25, 0.3) is 11.3 Å². The Morgan fingerprint density at radius 1 is 0.719 bits per heavy atom. The predicted molar refractivity (Wildman–Crippen MR) is 244 cm³/mol. The average molecular weight is 861 g/mol. The molecular weight excluding hydrogens is 809 g/mol. The lowest BCUT2D eigenvalue weighted by atomic mass is 9.90. The van der Waals surface area contributed by atoms with Crippen LogP contribution in [-0.2, 0) is 20.9 Å². The zero-order chi connectivity index (χ0) is 44.9. The molecule has 0 aliphatic carbocycles. The Hall–Kier alpha value is -7.65. The van der Waals surface area contributed by atoms with E-state index in [4.69, 9.17) is 20.4 Å². The van der Waals surface area contributed by atoms with E-state index in [1.54, 1.807) is 29.2 Å². The molecular formula is C52H52N4O8. The number of amides is 3. The van der Waals surface area contributed by atoms with Crippen molar-refractivity contribution in [2.75, 3.05) is 19.7 Å². The fourth-order valence-corrected chi connectivity index (χ4v) is 7.07. The summed E-state index contributed by atoms with van der Waals surface area (Å²) in [5, 5.41) is 18.9. The smallest absolute Gasteiger partial charge is 0.358 e. The highest BCUT2D eigenvalue weighted by Gasteiger charge is 2.33. The van der Waals surface area contributed by atoms with Gasteiger partial charge in [0.25, 0.3) is 0 Å². The second-order valence-electron chi connectivity index (χ2n) is 15.1. The summed E-state index contributed by atoms with van der Waals surface area (Å²) in [5.74, 6) is 2.65. The zero-order valence-corrected chi connectivity index (χ0v) is 35.6. The fraction of sp³-hybridized carbons (Fsp3) is 0.250. The Morgan fingerprint density at radius 2 is 1.34 bits per heavy atom. The molecule has 0 bridgehead atoms. The maximum absolute atomic E-state index is 14.3. The SMILES string of the molecule is C#CCCCC(=O)N(CC(c1ccccc1)c1ccccc1)C(COc1ccc(-c2cc(C(=O)O)no2)cc1)C(=O)NCCCCCC(=O)NCc1ccc(Oc2ccccc2)cc1. The number of benzene rings is 5. The number of ether oxygens (including phenoxy) is 2. The van der Waals surface area contributed by atoms with Crippen molar-refractivity contribution in [3.05, 3.63) is 168 Å². The molecule has 1 atom stereocenters. The second-order valence-corrected chi connectivity index (χ2v) is 15.1. The summed E-state index contributed by atoms with van der Waals surface area (Å²) in [6.45, 7) is 0.771. The molecule has 328 valence electrons. The highest BCUT2D eigenvalue weighted by Crippen LogP contribution is 2.29. The molecule has 64 heavy (non-hydrogen) atoms. The largest absolute Gasteiger partial charge is 0.491 e. The van der Waals surface area contributed by atoms with E-state index in [1.807, 2.05) is 115 Å². The summed E-state index contributed by atoms with van der Waals surface area (Å²) in [4.78, 5) is 54.2. The van der Waals surface area contributed by atoms with Crippen LogP contribution in [-0.4, -0.2) is 64.6 Å². The molecule has 6 rings (SSSR count). The molecule has 0 saturated carbocycles. The summed E-state index contributed by atoms with van der Waals surface area (Å²) in [6.07, 6.45) is 8.86. The van der Waals surface area contributed by atoms with E-state index in [1.165, 1.54) is 6.07 Å². The molecule has 1 aromatic heterocycles. The number of hydrogen-bond donors (Lipinski definition) is 3. The van der Waals surface area contributed by atoms with Gasteiger partial charge in [-0.25, -0.2) is 4.79 Å². The number of unbranched alkanes of at least 4 members (excludes halogenated alkanes) is 3. The van der Waals surface area contributed by atoms with Crippen LogP contribution in [0.2, 0.25) is 0 Å². The Labute approximate surface area is 373 Å². The van der Waals surface area contributed by atoms with Gasteiger partial charge in [0.2, 0.25) is 17.7 Å². The topological polar surface area (TPSA) is 160 Å². The van der Waals surface area contributed by atoms with Gasteiger partial charge < -0.3 is 34.6 Å². The maximum atomic E-state index is 14.3. The highest BCUT2D eigenvalue weighted by molar-refractivity contribution is 5.88. The number of para-hydroxylation sites is 1. The van der Waals surface area contributed by atoms with E-state index in [0.29, 0.717) is 68.7 Å². The number of carboxylic acids is 1. The van der Waals surface area contributed by atoms with Crippen LogP contribution in [0.4, 0.5) is 0 Å². The first-order chi connectivity index (χ1) is 31.3. The van der Waals surface area contributed by atoms with Gasteiger partial charge in [-0.3, -0.25) is 14.4 Å². The third kappa shape index (κ3) is 13.9. The van der Waals surface area contributed by atoms with Gasteiger partial charge in [-0.1, -0.05) is 103 Å². The molecule has 0 saturated heterocycles. The van der Waals surface area contributed by atoms with Gasteiger partial charge in [0.15, 0.2) is 11.5 Å². The summed E-state index contributed by atoms with van der Waals surface area (Å²) < 4.78 is 17.3. The van der Waals surface area contributed by atoms with Crippen molar-refractivity contribution in [2.45, 2.75) is 63.5 Å². The molecule has 12 heteroatoms. The minimum absolute atomic E-state index is 0.0601. The fourth-order valence-electron chi connectivity index (χ4n) is 7.07. The molecule has 0 spiro atoms. The highest BCUT2D eigenvalue weighted by atomic mass is 16.5. The van der Waals surface area contributed by atoms with Crippen molar-refractivity contribution in [1.29, 1.82) is 0 Å². The average Bonchev–Trinajstić information content (AvgIpc) is 3.83. The van der Waals surface area contributed by atoms with Crippen molar-refractivity contribution < 1.29 is 38.3 Å². The Balaban J connectivity index is 1.09. The second kappa shape index (κ2) is 24.1. The van der Waals surface area contributed by atoms with E-state index in [-0.39, 0.29) is 54.7 Å². The molecule has 5 aromatic carbocycles. The van der Waals surface area contributed by atoms with Crippen molar-refractivity contribution in [2.24, 2.45) is 0 Å². The molecule has 3 amide bonds. The number of nitrogens with zero attached hydrogens (tertiary/aromatic N) is 2. The van der Waals surface area contributed by atoms with Gasteiger partial charge >= 0.3 is 5.97 Å². The predicted octanol–water partition coefficient (Wildman–Crippen LogP) is 9.04. The Kier molecular flexibility index (Phi) is 17.3. The number of nitrogens with one attached hydrogen (secondary N) is 2. The summed E-state index contributed by atoms with van der Waals surface area (Å²) in [7, 11) is 0. The number of terminal acetylenes is 1. The minimum atomic E-state index is -1.20. The van der Waals surface area contributed by atoms with Gasteiger partial charge in [-0.15, -0.1) is 12.3 Å². The van der Waals surface area contributed by atoms with E-state index < -0.39 is 12.0 Å². The normalized spacial score (nSPS) is 11.2. The third-order valence-corrected chi connectivity index (χ3v) is 10.5. The Morgan fingerprint density at radius 3 is 1.97 bits per heavy atom. The Bertz CT molecular complexity index is 2390. The lowest BCUT2D eigenvalue weighted by Crippen LogP contribution is -2.54. The van der Waals surface area contributed by atoms with Gasteiger partial charge in [-0.2, -0.15) is 0 Å². The summed E-state index contributed by atoms with van der Waals surface area (Å²) in [5.41, 5.74) is 3.30. The monoisotopic (exact) mass is 860 g/mol. The van der Waals surface area contributed by atoms with Crippen LogP contribution < -0.4 is 20.1 Å². The molecule has 0 fully saturated rings. The van der Waals surface area contributed by atoms with Gasteiger partial charge in [-0.05, 0) is 84.5 Å². The number of rotatable bonds is 24. The zero-order valence-electron chi connectivity index (χ0n) is 35.6. The van der Waals surface area contributed by atoms with Crippen molar-refractivity contribution in [3.8, 4) is 40.9 Å². The van der Waals surface area contributed by atoms with Gasteiger partial charge in [0.05, 0.1) is 0 Å². The van der Waals surface area contributed by atoms with Gasteiger partial charge in [0.1, 0.15) is 29.9 Å². The van der Waals surface area contributed by atoms with Crippen LogP contribution in [0, 0.1) is 12.3 Å². The first-order valence-electron chi connectivity index (χ1n) is 21.4. The van der Waals surface area contributed by atoms with Crippen molar-refractivity contribution in [1.82, 2.24) is 20.7 Å². The number of aromatic nitrogens is 1. The number of aromatic carboxylic acids is 1. The van der Waals surface area contributed by atoms with E-state index >= 15 is 0 Å². The van der Waals surface area contributed by atoms with Crippen molar-refractivity contribution in [3.63, 3.8) is 0 Å². The van der Waals surface area contributed by atoms with Gasteiger partial charge in [0, 0.05) is 56.4 Å². The summed E-state index contributed by atoms with van der Waals surface area (Å²) in [6, 6.07) is 43.9. The first kappa shape index (κ1) is 45.9. The van der Waals surface area contributed by atoms with Crippen LogP contribution in [0.1, 0.15) is 78.0 Å². The lowest BCUT2D eigenvalue weighted by Gasteiger charge is -2.34. The number of carbonyl (C=O) groups excluding carboxylic acids is 3. The molecule has 0 radical (unpaired) electrons. The van der Waals surface area contributed by atoms with E-state index in [0.717, 1.165) is 22.4 Å². The maximum Gasteiger partial charge on any atom is 0.358 e. The molecule has 3 N–H and O–H groups in total. The molecule has 0 aliphatic rings. The molecule has 1 unspecified atom stereocenters. The minimum Gasteiger partial charge on any atom is -0.491 e.